The third kappa shape index (κ3) is 3.97. The lowest BCUT2D eigenvalue weighted by Crippen LogP contribution is -2.15. The Morgan fingerprint density at radius 2 is 1.58 bits per heavy atom. The van der Waals surface area contributed by atoms with Crippen LogP contribution in [0, 0.1) is 0 Å². The van der Waals surface area contributed by atoms with E-state index in [1.165, 1.54) is 16.7 Å². The van der Waals surface area contributed by atoms with Crippen LogP contribution in [0.4, 0.5) is 0 Å². The van der Waals surface area contributed by atoms with E-state index in [1.807, 2.05) is 30.5 Å². The topological polar surface area (TPSA) is 47.3 Å². The molecule has 1 N–H and O–H groups in total. The molecule has 0 unspecified atom stereocenters. The Labute approximate surface area is 182 Å². The van der Waals surface area contributed by atoms with Crippen LogP contribution in [0.15, 0.2) is 96.8 Å². The SMILES string of the molecule is Oc1cccc2c1CCC(COc1nccn1C(c1ccccc1)c1ccccc1)=C2. The summed E-state index contributed by atoms with van der Waals surface area (Å²) >= 11 is 0. The van der Waals surface area contributed by atoms with Crippen LogP contribution >= 0.6 is 0 Å². The monoisotopic (exact) mass is 408 g/mol. The molecule has 0 saturated heterocycles. The number of aromatic nitrogens is 2. The van der Waals surface area contributed by atoms with Gasteiger partial charge < -0.3 is 9.84 Å². The molecule has 3 aromatic carbocycles. The molecule has 1 aliphatic carbocycles. The van der Waals surface area contributed by atoms with Gasteiger partial charge in [-0.15, -0.1) is 0 Å². The summed E-state index contributed by atoms with van der Waals surface area (Å²) in [6, 6.07) is 27.1. The summed E-state index contributed by atoms with van der Waals surface area (Å²) < 4.78 is 8.30. The average molecular weight is 409 g/mol. The quantitative estimate of drug-likeness (QED) is 0.449. The van der Waals surface area contributed by atoms with Gasteiger partial charge in [0, 0.05) is 18.0 Å². The molecule has 154 valence electrons. The highest BCUT2D eigenvalue weighted by atomic mass is 16.5. The highest BCUT2D eigenvalue weighted by Crippen LogP contribution is 2.32. The molecule has 4 nitrogen and oxygen atoms in total. The maximum atomic E-state index is 10.1. The van der Waals surface area contributed by atoms with Gasteiger partial charge in [0.05, 0.1) is 6.04 Å². The number of imidazole rings is 1. The van der Waals surface area contributed by atoms with E-state index in [1.54, 1.807) is 12.3 Å². The molecular weight excluding hydrogens is 384 g/mol. The molecule has 4 aromatic rings. The molecule has 0 amide bonds. The zero-order chi connectivity index (χ0) is 21.0. The number of benzene rings is 3. The number of phenolic OH excluding ortho intramolecular Hbond substituents is 1. The van der Waals surface area contributed by atoms with Crippen molar-refractivity contribution in [1.29, 1.82) is 0 Å². The minimum absolute atomic E-state index is 0.0158. The van der Waals surface area contributed by atoms with Gasteiger partial charge in [-0.3, -0.25) is 4.57 Å². The zero-order valence-corrected chi connectivity index (χ0v) is 17.2. The van der Waals surface area contributed by atoms with Crippen LogP contribution < -0.4 is 4.74 Å². The minimum atomic E-state index is -0.0158. The van der Waals surface area contributed by atoms with Crippen molar-refractivity contribution in [1.82, 2.24) is 9.55 Å². The number of hydrogen-bond donors (Lipinski definition) is 1. The van der Waals surface area contributed by atoms with Crippen molar-refractivity contribution in [2.24, 2.45) is 0 Å². The molecule has 0 fully saturated rings. The number of aromatic hydroxyl groups is 1. The van der Waals surface area contributed by atoms with Crippen LogP contribution in [0.1, 0.15) is 34.7 Å². The molecule has 1 heterocycles. The van der Waals surface area contributed by atoms with Gasteiger partial charge in [-0.2, -0.15) is 0 Å². The van der Waals surface area contributed by atoms with Crippen molar-refractivity contribution >= 4 is 6.08 Å². The zero-order valence-electron chi connectivity index (χ0n) is 17.2. The predicted octanol–water partition coefficient (Wildman–Crippen LogP) is 5.64. The van der Waals surface area contributed by atoms with E-state index < -0.39 is 0 Å². The van der Waals surface area contributed by atoms with Crippen molar-refractivity contribution in [2.75, 3.05) is 6.61 Å². The number of hydrogen-bond acceptors (Lipinski definition) is 3. The number of phenols is 1. The van der Waals surface area contributed by atoms with Crippen molar-refractivity contribution in [3.63, 3.8) is 0 Å². The number of rotatable bonds is 6. The van der Waals surface area contributed by atoms with Crippen LogP contribution in [0.5, 0.6) is 11.8 Å². The Morgan fingerprint density at radius 1 is 0.871 bits per heavy atom. The second-order valence-corrected chi connectivity index (χ2v) is 7.78. The molecule has 0 radical (unpaired) electrons. The summed E-state index contributed by atoms with van der Waals surface area (Å²) in [6.45, 7) is 0.475. The first-order chi connectivity index (χ1) is 15.3. The Hall–Kier alpha value is -3.79. The summed E-state index contributed by atoms with van der Waals surface area (Å²) in [6.07, 6.45) is 7.57. The summed E-state index contributed by atoms with van der Waals surface area (Å²) in [5.41, 5.74) is 5.64. The fourth-order valence-corrected chi connectivity index (χ4v) is 4.24. The van der Waals surface area contributed by atoms with Crippen molar-refractivity contribution < 1.29 is 9.84 Å². The highest BCUT2D eigenvalue weighted by molar-refractivity contribution is 5.62. The van der Waals surface area contributed by atoms with E-state index in [0.717, 1.165) is 24.0 Å². The molecule has 0 aliphatic heterocycles. The van der Waals surface area contributed by atoms with Crippen LogP contribution in [0.2, 0.25) is 0 Å². The molecule has 0 saturated carbocycles. The summed E-state index contributed by atoms with van der Waals surface area (Å²) in [7, 11) is 0. The fourth-order valence-electron chi connectivity index (χ4n) is 4.24. The molecule has 0 atom stereocenters. The lowest BCUT2D eigenvalue weighted by Gasteiger charge is -2.22. The normalized spacial score (nSPS) is 13.0. The van der Waals surface area contributed by atoms with Crippen molar-refractivity contribution in [2.45, 2.75) is 18.9 Å². The summed E-state index contributed by atoms with van der Waals surface area (Å²) in [5.74, 6) is 0.373. The molecule has 1 aromatic heterocycles. The Balaban J connectivity index is 1.42. The van der Waals surface area contributed by atoms with Gasteiger partial charge in [0.15, 0.2) is 0 Å². The van der Waals surface area contributed by atoms with Crippen LogP contribution in [0.3, 0.4) is 0 Å². The Bertz CT molecular complexity index is 1160. The fraction of sp³-hybridized carbons (Fsp3) is 0.148. The van der Waals surface area contributed by atoms with Gasteiger partial charge in [-0.1, -0.05) is 78.9 Å². The lowest BCUT2D eigenvalue weighted by atomic mass is 9.92. The van der Waals surface area contributed by atoms with Gasteiger partial charge in [0.2, 0.25) is 0 Å². The molecule has 4 heteroatoms. The van der Waals surface area contributed by atoms with Gasteiger partial charge in [0.1, 0.15) is 12.4 Å². The van der Waals surface area contributed by atoms with E-state index >= 15 is 0 Å². The maximum Gasteiger partial charge on any atom is 0.297 e. The first-order valence-corrected chi connectivity index (χ1v) is 10.6. The first kappa shape index (κ1) is 19.2. The van der Waals surface area contributed by atoms with E-state index in [2.05, 4.69) is 64.2 Å². The predicted molar refractivity (Wildman–Crippen MR) is 122 cm³/mol. The van der Waals surface area contributed by atoms with Gasteiger partial charge in [0.25, 0.3) is 6.01 Å². The second-order valence-electron chi connectivity index (χ2n) is 7.78. The largest absolute Gasteiger partial charge is 0.508 e. The minimum Gasteiger partial charge on any atom is -0.508 e. The first-order valence-electron chi connectivity index (χ1n) is 10.6. The van der Waals surface area contributed by atoms with Crippen LogP contribution in [0.25, 0.3) is 6.08 Å². The van der Waals surface area contributed by atoms with E-state index in [-0.39, 0.29) is 6.04 Å². The van der Waals surface area contributed by atoms with E-state index in [0.29, 0.717) is 18.4 Å². The van der Waals surface area contributed by atoms with E-state index in [4.69, 9.17) is 4.74 Å². The molecule has 0 bridgehead atoms. The highest BCUT2D eigenvalue weighted by Gasteiger charge is 2.20. The van der Waals surface area contributed by atoms with Crippen LogP contribution in [-0.2, 0) is 6.42 Å². The molecule has 31 heavy (non-hydrogen) atoms. The standard InChI is InChI=1S/C27H24N2O2/c30-25-13-7-12-23-18-20(14-15-24(23)25)19-31-27-28-16-17-29(27)26(21-8-3-1-4-9-21)22-10-5-2-6-11-22/h1-13,16-18,26,30H,14-15,19H2. The smallest absolute Gasteiger partial charge is 0.297 e. The molecular formula is C27H24N2O2. The average Bonchev–Trinajstić information content (AvgIpc) is 3.27. The second kappa shape index (κ2) is 8.52. The number of fused-ring (bicyclic) bond motifs is 1. The Morgan fingerprint density at radius 3 is 2.29 bits per heavy atom. The molecule has 1 aliphatic rings. The van der Waals surface area contributed by atoms with Gasteiger partial charge >= 0.3 is 0 Å². The van der Waals surface area contributed by atoms with Crippen LogP contribution in [-0.4, -0.2) is 21.3 Å². The van der Waals surface area contributed by atoms with Crippen molar-refractivity contribution in [3.8, 4) is 11.8 Å². The maximum absolute atomic E-state index is 10.1. The third-order valence-electron chi connectivity index (χ3n) is 5.77. The third-order valence-corrected chi connectivity index (χ3v) is 5.77. The van der Waals surface area contributed by atoms with Gasteiger partial charge in [-0.05, 0) is 41.2 Å². The Kier molecular flexibility index (Phi) is 5.28. The molecule has 0 spiro atoms. The lowest BCUT2D eigenvalue weighted by molar-refractivity contribution is 0.301. The van der Waals surface area contributed by atoms with Crippen molar-refractivity contribution in [3.05, 3.63) is 119 Å². The number of ether oxygens (including phenoxy) is 1. The summed E-state index contributed by atoms with van der Waals surface area (Å²) in [5, 5.41) is 10.1. The molecule has 5 rings (SSSR count). The number of nitrogens with zero attached hydrogens (tertiary/aromatic N) is 2. The summed E-state index contributed by atoms with van der Waals surface area (Å²) in [4.78, 5) is 4.50. The van der Waals surface area contributed by atoms with Gasteiger partial charge in [-0.25, -0.2) is 4.98 Å². The van der Waals surface area contributed by atoms with E-state index in [9.17, 15) is 5.11 Å².